The summed E-state index contributed by atoms with van der Waals surface area (Å²) in [6, 6.07) is 3.42. The van der Waals surface area contributed by atoms with Gasteiger partial charge in [-0.15, -0.1) is 0 Å². The first-order chi connectivity index (χ1) is 7.72. The molecule has 0 fully saturated rings. The molecule has 1 aromatic heterocycles. The van der Waals surface area contributed by atoms with Gasteiger partial charge in [0.25, 0.3) is 5.76 Å². The van der Waals surface area contributed by atoms with Crippen LogP contribution < -0.4 is 5.32 Å². The molecule has 0 saturated heterocycles. The lowest BCUT2D eigenvalue weighted by atomic mass is 10.4. The number of hydrogen-bond donors (Lipinski definition) is 1. The van der Waals surface area contributed by atoms with Crippen molar-refractivity contribution in [2.45, 2.75) is 24.5 Å². The highest BCUT2D eigenvalue weighted by molar-refractivity contribution is 7.98. The Bertz CT molecular complexity index is 293. The van der Waals surface area contributed by atoms with Crippen LogP contribution in [0.25, 0.3) is 0 Å². The van der Waals surface area contributed by atoms with Gasteiger partial charge in [0.2, 0.25) is 0 Å². The number of furan rings is 1. The second-order valence-electron chi connectivity index (χ2n) is 3.16. The third-order valence-electron chi connectivity index (χ3n) is 1.86. The van der Waals surface area contributed by atoms with Crippen molar-refractivity contribution >= 4 is 11.8 Å². The van der Waals surface area contributed by atoms with Gasteiger partial charge in [-0.25, -0.2) is 0 Å². The van der Waals surface area contributed by atoms with Gasteiger partial charge in [-0.3, -0.25) is 4.39 Å². The Morgan fingerprint density at radius 1 is 1.31 bits per heavy atom. The van der Waals surface area contributed by atoms with Gasteiger partial charge < -0.3 is 9.73 Å². The summed E-state index contributed by atoms with van der Waals surface area (Å²) in [6.45, 7) is 0.735. The predicted octanol–water partition coefficient (Wildman–Crippen LogP) is 3.18. The SMILES string of the molecule is FCCCNCc1ccc(CSC(F)F)o1. The summed E-state index contributed by atoms with van der Waals surface area (Å²) >= 11 is 0.533. The van der Waals surface area contributed by atoms with Gasteiger partial charge in [0, 0.05) is 0 Å². The largest absolute Gasteiger partial charge is 0.464 e. The molecule has 0 bridgehead atoms. The molecular formula is C10H14F3NOS. The van der Waals surface area contributed by atoms with E-state index in [1.54, 1.807) is 12.1 Å². The van der Waals surface area contributed by atoms with Crippen LogP contribution in [-0.4, -0.2) is 19.0 Å². The second-order valence-corrected chi connectivity index (χ2v) is 4.14. The molecule has 0 aliphatic rings. The monoisotopic (exact) mass is 253 g/mol. The summed E-state index contributed by atoms with van der Waals surface area (Å²) < 4.78 is 40.8. The fourth-order valence-electron chi connectivity index (χ4n) is 1.14. The van der Waals surface area contributed by atoms with Gasteiger partial charge in [-0.2, -0.15) is 8.78 Å². The van der Waals surface area contributed by atoms with Crippen LogP contribution in [0.1, 0.15) is 17.9 Å². The standard InChI is InChI=1S/C10H14F3NOS/c11-4-1-5-14-6-8-2-3-9(15-8)7-16-10(12)13/h2-3,10,14H,1,4-7H2. The van der Waals surface area contributed by atoms with E-state index < -0.39 is 5.76 Å². The first-order valence-corrected chi connectivity index (χ1v) is 6.01. The molecule has 0 aliphatic carbocycles. The zero-order valence-corrected chi connectivity index (χ0v) is 9.53. The van der Waals surface area contributed by atoms with Crippen LogP contribution >= 0.6 is 11.8 Å². The summed E-state index contributed by atoms with van der Waals surface area (Å²) in [7, 11) is 0. The predicted molar refractivity (Wildman–Crippen MR) is 58.3 cm³/mol. The molecule has 0 unspecified atom stereocenters. The van der Waals surface area contributed by atoms with Crippen molar-refractivity contribution in [2.24, 2.45) is 0 Å². The molecule has 0 saturated carbocycles. The average Bonchev–Trinajstić information content (AvgIpc) is 2.70. The third-order valence-corrected chi connectivity index (χ3v) is 2.56. The van der Waals surface area contributed by atoms with Crippen molar-refractivity contribution < 1.29 is 17.6 Å². The summed E-state index contributed by atoms with van der Waals surface area (Å²) in [5, 5.41) is 2.99. The van der Waals surface area contributed by atoms with Crippen LogP contribution in [-0.2, 0) is 12.3 Å². The normalized spacial score (nSPS) is 11.2. The molecular weight excluding hydrogens is 239 g/mol. The maximum Gasteiger partial charge on any atom is 0.284 e. The minimum atomic E-state index is -2.38. The smallest absolute Gasteiger partial charge is 0.284 e. The minimum absolute atomic E-state index is 0.169. The number of hydrogen-bond acceptors (Lipinski definition) is 3. The average molecular weight is 253 g/mol. The van der Waals surface area contributed by atoms with E-state index in [1.165, 1.54) is 0 Å². The van der Waals surface area contributed by atoms with Gasteiger partial charge in [-0.05, 0) is 25.1 Å². The van der Waals surface area contributed by atoms with Gasteiger partial charge in [0.15, 0.2) is 0 Å². The van der Waals surface area contributed by atoms with Crippen LogP contribution in [0.2, 0.25) is 0 Å². The molecule has 0 aliphatic heterocycles. The highest BCUT2D eigenvalue weighted by atomic mass is 32.2. The summed E-state index contributed by atoms with van der Waals surface area (Å²) in [6.07, 6.45) is 0.467. The zero-order chi connectivity index (χ0) is 11.8. The second kappa shape index (κ2) is 7.62. The lowest BCUT2D eigenvalue weighted by molar-refractivity contribution is 0.251. The lowest BCUT2D eigenvalue weighted by Gasteiger charge is -2.00. The highest BCUT2D eigenvalue weighted by Crippen LogP contribution is 2.21. The van der Waals surface area contributed by atoms with Gasteiger partial charge in [0.05, 0.1) is 19.0 Å². The van der Waals surface area contributed by atoms with E-state index >= 15 is 0 Å². The van der Waals surface area contributed by atoms with E-state index in [2.05, 4.69) is 5.32 Å². The Morgan fingerprint density at radius 2 is 2.06 bits per heavy atom. The van der Waals surface area contributed by atoms with Crippen LogP contribution in [0.4, 0.5) is 13.2 Å². The van der Waals surface area contributed by atoms with Gasteiger partial charge in [0.1, 0.15) is 11.5 Å². The van der Waals surface area contributed by atoms with E-state index in [9.17, 15) is 13.2 Å². The van der Waals surface area contributed by atoms with Crippen molar-refractivity contribution in [3.63, 3.8) is 0 Å². The zero-order valence-electron chi connectivity index (χ0n) is 8.72. The molecule has 0 aromatic carbocycles. The van der Waals surface area contributed by atoms with Crippen LogP contribution in [0.5, 0.6) is 0 Å². The molecule has 1 rings (SSSR count). The lowest BCUT2D eigenvalue weighted by Crippen LogP contribution is -2.14. The van der Waals surface area contributed by atoms with E-state index in [0.29, 0.717) is 42.8 Å². The third kappa shape index (κ3) is 5.46. The highest BCUT2D eigenvalue weighted by Gasteiger charge is 2.06. The Labute approximate surface area is 96.6 Å². The van der Waals surface area contributed by atoms with Crippen molar-refractivity contribution in [1.29, 1.82) is 0 Å². The maximum atomic E-state index is 11.9. The molecule has 0 spiro atoms. The van der Waals surface area contributed by atoms with Crippen LogP contribution in [0.15, 0.2) is 16.5 Å². The summed E-state index contributed by atoms with van der Waals surface area (Å²) in [5.74, 6) is -0.991. The molecule has 0 atom stereocenters. The quantitative estimate of drug-likeness (QED) is 0.720. The Morgan fingerprint density at radius 3 is 2.75 bits per heavy atom. The van der Waals surface area contributed by atoms with Crippen molar-refractivity contribution in [2.75, 3.05) is 13.2 Å². The Balaban J connectivity index is 2.22. The minimum Gasteiger partial charge on any atom is -0.464 e. The molecule has 1 heterocycles. The van der Waals surface area contributed by atoms with Gasteiger partial charge >= 0.3 is 0 Å². The number of rotatable bonds is 8. The first-order valence-electron chi connectivity index (χ1n) is 4.96. The molecule has 1 N–H and O–H groups in total. The number of alkyl halides is 3. The summed E-state index contributed by atoms with van der Waals surface area (Å²) in [4.78, 5) is 0. The number of nitrogens with one attached hydrogen (secondary N) is 1. The first kappa shape index (κ1) is 13.4. The molecule has 0 amide bonds. The van der Waals surface area contributed by atoms with Crippen molar-refractivity contribution in [3.05, 3.63) is 23.7 Å². The Kier molecular flexibility index (Phi) is 6.40. The van der Waals surface area contributed by atoms with E-state index in [1.807, 2.05) is 0 Å². The van der Waals surface area contributed by atoms with Crippen molar-refractivity contribution in [3.8, 4) is 0 Å². The van der Waals surface area contributed by atoms with E-state index in [-0.39, 0.29) is 12.4 Å². The van der Waals surface area contributed by atoms with E-state index in [0.717, 1.165) is 0 Å². The molecule has 6 heteroatoms. The number of halogens is 3. The fraction of sp³-hybridized carbons (Fsp3) is 0.600. The van der Waals surface area contributed by atoms with Crippen LogP contribution in [0.3, 0.4) is 0 Å². The molecule has 2 nitrogen and oxygen atoms in total. The molecule has 0 radical (unpaired) electrons. The Hall–Kier alpha value is -0.620. The van der Waals surface area contributed by atoms with Crippen LogP contribution in [0, 0.1) is 0 Å². The molecule has 16 heavy (non-hydrogen) atoms. The fourth-order valence-corrected chi connectivity index (χ4v) is 1.59. The van der Waals surface area contributed by atoms with Gasteiger partial charge in [-0.1, -0.05) is 11.8 Å². The topological polar surface area (TPSA) is 25.2 Å². The summed E-state index contributed by atoms with van der Waals surface area (Å²) in [5.41, 5.74) is 0. The van der Waals surface area contributed by atoms with Crippen molar-refractivity contribution in [1.82, 2.24) is 5.32 Å². The molecule has 92 valence electrons. The molecule has 1 aromatic rings. The number of thioether (sulfide) groups is 1. The maximum absolute atomic E-state index is 11.9. The van der Waals surface area contributed by atoms with E-state index in [4.69, 9.17) is 4.42 Å².